The molecule has 2 aliphatic rings. The summed E-state index contributed by atoms with van der Waals surface area (Å²) in [6.45, 7) is -0.584. The van der Waals surface area contributed by atoms with Crippen molar-refractivity contribution in [3.63, 3.8) is 0 Å². The fraction of sp³-hybridized carbons (Fsp3) is 0.179. The van der Waals surface area contributed by atoms with E-state index in [0.717, 1.165) is 49.2 Å². The smallest absolute Gasteiger partial charge is 0.324 e. The van der Waals surface area contributed by atoms with Gasteiger partial charge >= 0.3 is 11.0 Å². The highest BCUT2D eigenvalue weighted by Gasteiger charge is 2.57. The number of carbonyl (C=O) groups is 3. The number of hydrogen-bond acceptors (Lipinski definition) is 7. The molecule has 6 rings (SSSR count). The van der Waals surface area contributed by atoms with Crippen molar-refractivity contribution in [2.75, 3.05) is 10.2 Å². The van der Waals surface area contributed by atoms with Gasteiger partial charge in [-0.2, -0.15) is 13.2 Å². The molecule has 2 aromatic carbocycles. The van der Waals surface area contributed by atoms with Gasteiger partial charge in [0.15, 0.2) is 0 Å². The number of halogens is 4. The van der Waals surface area contributed by atoms with E-state index >= 15 is 0 Å². The molecule has 14 heteroatoms. The number of para-hydroxylation sites is 1. The molecule has 3 atom stereocenters. The Labute approximate surface area is 252 Å². The summed E-state index contributed by atoms with van der Waals surface area (Å²) in [5.74, 6) is -3.29. The van der Waals surface area contributed by atoms with Gasteiger partial charge in [0.1, 0.15) is 11.8 Å². The van der Waals surface area contributed by atoms with E-state index in [-0.39, 0.29) is 0 Å². The molecule has 2 aliphatic heterocycles. The van der Waals surface area contributed by atoms with Crippen LogP contribution in [0.25, 0.3) is 0 Å². The maximum absolute atomic E-state index is 13.8. The van der Waals surface area contributed by atoms with Crippen LogP contribution in [-0.2, 0) is 27.1 Å². The zero-order valence-electron chi connectivity index (χ0n) is 21.2. The highest BCUT2D eigenvalue weighted by molar-refractivity contribution is 9.10. The number of nitrogens with one attached hydrogen (secondary N) is 1. The van der Waals surface area contributed by atoms with Crippen molar-refractivity contribution in [3.05, 3.63) is 103 Å². The average Bonchev–Trinajstić information content (AvgIpc) is 3.40. The number of hydrogen-bond donors (Lipinski definition) is 1. The minimum absolute atomic E-state index is 0.318. The quantitative estimate of drug-likeness (QED) is 0.280. The summed E-state index contributed by atoms with van der Waals surface area (Å²) in [7, 11) is 0. The standard InChI is InChI=1S/C28H18BrF3N4O4S2/c29-15-7-9-16(10-8-15)36-24(38)21-20(14-4-3-11-33-12-14)23-26(41-22(21)25(36)39)35(27(40)42-23)13-19(37)34-18-6-2-1-5-17(18)28(30,31)32/h1-12,20-22H,13H2,(H,34,37)/t20-,21?,22?/m1/s1. The number of aromatic nitrogens is 2. The molecule has 2 unspecified atom stereocenters. The summed E-state index contributed by atoms with van der Waals surface area (Å²) < 4.78 is 42.3. The third-order valence-corrected chi connectivity index (χ3v) is 10.1. The van der Waals surface area contributed by atoms with E-state index in [4.69, 9.17) is 0 Å². The van der Waals surface area contributed by atoms with Gasteiger partial charge in [0.2, 0.25) is 17.7 Å². The molecule has 0 saturated carbocycles. The second-order valence-electron chi connectivity index (χ2n) is 9.53. The van der Waals surface area contributed by atoms with E-state index < -0.39 is 63.7 Å². The molecular weight excluding hydrogens is 657 g/mol. The van der Waals surface area contributed by atoms with Crippen LogP contribution in [0.3, 0.4) is 0 Å². The number of carbonyl (C=O) groups excluding carboxylic acids is 3. The van der Waals surface area contributed by atoms with Crippen molar-refractivity contribution in [1.82, 2.24) is 9.55 Å². The van der Waals surface area contributed by atoms with Gasteiger partial charge in [-0.05, 0) is 48.0 Å². The third-order valence-electron chi connectivity index (χ3n) is 6.99. The number of thioether (sulfide) groups is 1. The van der Waals surface area contributed by atoms with E-state index in [1.165, 1.54) is 12.1 Å². The largest absolute Gasteiger partial charge is 0.418 e. The Hall–Kier alpha value is -3.75. The predicted octanol–water partition coefficient (Wildman–Crippen LogP) is 5.52. The normalized spacial score (nSPS) is 19.9. The van der Waals surface area contributed by atoms with Crippen LogP contribution < -0.4 is 15.1 Å². The molecule has 0 bridgehead atoms. The molecule has 1 fully saturated rings. The summed E-state index contributed by atoms with van der Waals surface area (Å²) in [5, 5.41) is 1.67. The highest BCUT2D eigenvalue weighted by atomic mass is 79.9. The fourth-order valence-corrected chi connectivity index (χ4v) is 8.23. The maximum Gasteiger partial charge on any atom is 0.418 e. The van der Waals surface area contributed by atoms with Crippen LogP contribution in [0, 0.1) is 5.92 Å². The van der Waals surface area contributed by atoms with E-state index in [0.29, 0.717) is 21.2 Å². The first-order valence-electron chi connectivity index (χ1n) is 12.4. The van der Waals surface area contributed by atoms with Crippen LogP contribution in [-0.4, -0.2) is 32.5 Å². The van der Waals surface area contributed by atoms with Gasteiger partial charge in [-0.25, -0.2) is 4.90 Å². The monoisotopic (exact) mass is 674 g/mol. The van der Waals surface area contributed by atoms with Gasteiger partial charge < -0.3 is 5.32 Å². The molecule has 3 amide bonds. The van der Waals surface area contributed by atoms with Crippen LogP contribution in [0.1, 0.15) is 21.9 Å². The Morgan fingerprint density at radius 2 is 1.74 bits per heavy atom. The Balaban J connectivity index is 1.38. The Morgan fingerprint density at radius 3 is 2.43 bits per heavy atom. The van der Waals surface area contributed by atoms with Crippen molar-refractivity contribution < 1.29 is 27.6 Å². The number of fused-ring (bicyclic) bond motifs is 2. The first-order valence-corrected chi connectivity index (χ1v) is 14.9. The number of alkyl halides is 3. The average molecular weight is 676 g/mol. The van der Waals surface area contributed by atoms with Crippen LogP contribution in [0.2, 0.25) is 0 Å². The topological polar surface area (TPSA) is 101 Å². The molecule has 4 heterocycles. The molecule has 0 aliphatic carbocycles. The van der Waals surface area contributed by atoms with E-state index in [1.807, 2.05) is 0 Å². The van der Waals surface area contributed by atoms with Crippen molar-refractivity contribution in [1.29, 1.82) is 0 Å². The molecule has 0 radical (unpaired) electrons. The second-order valence-corrected chi connectivity index (χ2v) is 12.6. The SMILES string of the molecule is O=C(Cn1c2c(sc1=O)[C@H](c1cccnc1)C1C(=O)N(c3ccc(Br)cc3)C(=O)C1S2)Nc1ccccc1C(F)(F)F. The Morgan fingerprint density at radius 1 is 1.00 bits per heavy atom. The summed E-state index contributed by atoms with van der Waals surface area (Å²) >= 11 is 5.20. The number of nitrogens with zero attached hydrogens (tertiary/aromatic N) is 3. The number of imide groups is 1. The van der Waals surface area contributed by atoms with Gasteiger partial charge in [0, 0.05) is 27.7 Å². The first kappa shape index (κ1) is 28.4. The lowest BCUT2D eigenvalue weighted by molar-refractivity contribution is -0.137. The van der Waals surface area contributed by atoms with E-state index in [1.54, 1.807) is 48.8 Å². The van der Waals surface area contributed by atoms with Gasteiger partial charge in [0.05, 0.1) is 27.9 Å². The summed E-state index contributed by atoms with van der Waals surface area (Å²) in [6, 6.07) is 14.7. The first-order chi connectivity index (χ1) is 20.0. The second kappa shape index (κ2) is 10.8. The predicted molar refractivity (Wildman–Crippen MR) is 155 cm³/mol. The summed E-state index contributed by atoms with van der Waals surface area (Å²) in [4.78, 5) is 59.0. The van der Waals surface area contributed by atoms with Crippen molar-refractivity contribution in [2.24, 2.45) is 5.92 Å². The van der Waals surface area contributed by atoms with E-state index in [2.05, 4.69) is 26.2 Å². The third kappa shape index (κ3) is 4.96. The molecule has 4 aromatic rings. The molecule has 1 N–H and O–H groups in total. The molecule has 0 spiro atoms. The van der Waals surface area contributed by atoms with Gasteiger partial charge in [-0.15, -0.1) is 0 Å². The van der Waals surface area contributed by atoms with Crippen LogP contribution >= 0.6 is 39.0 Å². The van der Waals surface area contributed by atoms with Gasteiger partial charge in [-0.1, -0.05) is 57.2 Å². The van der Waals surface area contributed by atoms with Gasteiger partial charge in [-0.3, -0.25) is 28.7 Å². The van der Waals surface area contributed by atoms with Crippen LogP contribution in [0.15, 0.2) is 87.4 Å². The Kier molecular flexibility index (Phi) is 7.31. The number of amides is 3. The molecule has 1 saturated heterocycles. The molecule has 42 heavy (non-hydrogen) atoms. The number of rotatable bonds is 5. The summed E-state index contributed by atoms with van der Waals surface area (Å²) in [5.41, 5.74) is -0.439. The lowest BCUT2D eigenvalue weighted by Gasteiger charge is -2.30. The molecule has 2 aromatic heterocycles. The van der Waals surface area contributed by atoms with Crippen LogP contribution in [0.5, 0.6) is 0 Å². The number of anilines is 2. The number of benzene rings is 2. The lowest BCUT2D eigenvalue weighted by atomic mass is 9.84. The van der Waals surface area contributed by atoms with E-state index in [9.17, 15) is 32.3 Å². The molecule has 8 nitrogen and oxygen atoms in total. The van der Waals surface area contributed by atoms with Crippen molar-refractivity contribution in [3.8, 4) is 0 Å². The van der Waals surface area contributed by atoms with Crippen molar-refractivity contribution >= 4 is 68.1 Å². The maximum atomic E-state index is 13.8. The lowest BCUT2D eigenvalue weighted by Crippen LogP contribution is -2.33. The number of thiazole rings is 1. The fourth-order valence-electron chi connectivity index (χ4n) is 5.19. The van der Waals surface area contributed by atoms with Crippen molar-refractivity contribution in [2.45, 2.75) is 28.9 Å². The van der Waals surface area contributed by atoms with Gasteiger partial charge in [0.25, 0.3) is 0 Å². The molecular formula is C28H18BrF3N4O4S2. The summed E-state index contributed by atoms with van der Waals surface area (Å²) in [6.07, 6.45) is -1.57. The molecule has 214 valence electrons. The van der Waals surface area contributed by atoms with Crippen LogP contribution in [0.4, 0.5) is 24.5 Å². The number of pyridine rings is 1. The highest BCUT2D eigenvalue weighted by Crippen LogP contribution is 2.53. The minimum Gasteiger partial charge on any atom is -0.324 e. The Bertz CT molecular complexity index is 1780. The zero-order chi connectivity index (χ0) is 29.8. The zero-order valence-corrected chi connectivity index (χ0v) is 24.4. The minimum atomic E-state index is -4.69.